The second-order valence-corrected chi connectivity index (χ2v) is 15.9. The third kappa shape index (κ3) is 14.8. The van der Waals surface area contributed by atoms with Crippen molar-refractivity contribution in [2.75, 3.05) is 27.2 Å². The molecular weight excluding hydrogens is 761 g/mol. The maximum Gasteiger partial charge on any atom is 0.317 e. The van der Waals surface area contributed by atoms with Crippen LogP contribution in [0.15, 0.2) is 109 Å². The maximum absolute atomic E-state index is 14.1. The molecule has 0 aliphatic heterocycles. The molecule has 0 unspecified atom stereocenters. The zero-order chi connectivity index (χ0) is 43.6. The van der Waals surface area contributed by atoms with E-state index >= 15 is 0 Å². The number of pyridine rings is 2. The molecule has 2 aromatic heterocycles. The first-order chi connectivity index (χ1) is 28.7. The molecule has 0 saturated carbocycles. The fraction of sp³-hybridized carbons (Fsp3) is 0.435. The van der Waals surface area contributed by atoms with Crippen molar-refractivity contribution in [2.45, 2.75) is 89.8 Å². The van der Waals surface area contributed by atoms with Crippen LogP contribution in [-0.4, -0.2) is 117 Å². The fourth-order valence-electron chi connectivity index (χ4n) is 6.69. The fourth-order valence-corrected chi connectivity index (χ4v) is 6.69. The number of rotatable bonds is 21. The molecule has 6 atom stereocenters. The lowest BCUT2D eigenvalue weighted by molar-refractivity contribution is -0.129. The van der Waals surface area contributed by atoms with E-state index in [9.17, 15) is 29.4 Å². The van der Waals surface area contributed by atoms with E-state index in [1.165, 1.54) is 9.80 Å². The first-order valence-electron chi connectivity index (χ1n) is 20.6. The van der Waals surface area contributed by atoms with Crippen LogP contribution in [0, 0.1) is 11.8 Å². The average molecular weight is 823 g/mol. The Morgan fingerprint density at radius 3 is 1.20 bits per heavy atom. The van der Waals surface area contributed by atoms with Crippen LogP contribution < -0.4 is 21.3 Å². The molecule has 0 fully saturated rings. The van der Waals surface area contributed by atoms with E-state index in [1.54, 1.807) is 26.5 Å². The monoisotopic (exact) mass is 822 g/mol. The summed E-state index contributed by atoms with van der Waals surface area (Å²) in [6.45, 7) is 7.98. The summed E-state index contributed by atoms with van der Waals surface area (Å²) >= 11 is 0. The van der Waals surface area contributed by atoms with Gasteiger partial charge in [-0.2, -0.15) is 0 Å². The van der Waals surface area contributed by atoms with Crippen LogP contribution >= 0.6 is 0 Å². The molecule has 6 N–H and O–H groups in total. The normalized spacial score (nSPS) is 14.2. The number of hydrogen-bond acceptors (Lipinski definition) is 8. The number of benzene rings is 2. The van der Waals surface area contributed by atoms with E-state index in [0.29, 0.717) is 25.9 Å². The second kappa shape index (κ2) is 23.7. The van der Waals surface area contributed by atoms with Crippen LogP contribution in [0.2, 0.25) is 0 Å². The molecule has 4 rings (SSSR count). The Morgan fingerprint density at radius 1 is 0.533 bits per heavy atom. The van der Waals surface area contributed by atoms with Gasteiger partial charge in [0, 0.05) is 63.8 Å². The highest BCUT2D eigenvalue weighted by atomic mass is 16.3. The van der Waals surface area contributed by atoms with E-state index in [-0.39, 0.29) is 24.7 Å². The standard InChI is InChI=1S/C46H62N8O6/c1-31(2)39(51-45(59)53(5)27-23-35-21-13-15-25-47-35)43(57)49-37(29-33-17-9-7-10-18-33)41(55)42(56)38(30-34-19-11-8-12-20-34)50-44(58)40(32(3)4)52-46(60)54(6)28-24-36-22-14-16-26-48-36/h7-22,25-26,31-32,37-42,55-56H,23-24,27-30H2,1-6H3,(H,49,57)(H,50,58)(H,51,59)(H,52,60)/t37-,38-,39-,40+,41+,42-/m0/s1. The molecule has 2 aromatic carbocycles. The molecule has 14 heteroatoms. The highest BCUT2D eigenvalue weighted by molar-refractivity contribution is 5.88. The summed E-state index contributed by atoms with van der Waals surface area (Å²) in [5.41, 5.74) is 3.23. The number of nitrogens with one attached hydrogen (secondary N) is 4. The van der Waals surface area contributed by atoms with E-state index < -0.39 is 60.3 Å². The van der Waals surface area contributed by atoms with Gasteiger partial charge in [-0.05, 0) is 60.1 Å². The number of aliphatic hydroxyl groups is 2. The van der Waals surface area contributed by atoms with Crippen molar-refractivity contribution in [2.24, 2.45) is 11.8 Å². The Labute approximate surface area is 354 Å². The van der Waals surface area contributed by atoms with Gasteiger partial charge in [0.05, 0.1) is 12.1 Å². The molecule has 0 radical (unpaired) electrons. The third-order valence-electron chi connectivity index (χ3n) is 10.4. The predicted octanol–water partition coefficient (Wildman–Crippen LogP) is 3.77. The predicted molar refractivity (Wildman–Crippen MR) is 232 cm³/mol. The average Bonchev–Trinajstić information content (AvgIpc) is 3.25. The molecule has 0 saturated heterocycles. The molecule has 14 nitrogen and oxygen atoms in total. The lowest BCUT2D eigenvalue weighted by atomic mass is 9.90. The lowest BCUT2D eigenvalue weighted by Crippen LogP contribution is -2.62. The van der Waals surface area contributed by atoms with Crippen molar-refractivity contribution in [3.8, 4) is 0 Å². The quantitative estimate of drug-likeness (QED) is 0.0733. The number of aliphatic hydroxyl groups excluding tert-OH is 2. The summed E-state index contributed by atoms with van der Waals surface area (Å²) in [7, 11) is 3.29. The minimum atomic E-state index is -1.59. The van der Waals surface area contributed by atoms with Gasteiger partial charge in [0.1, 0.15) is 24.3 Å². The van der Waals surface area contributed by atoms with Crippen LogP contribution in [0.4, 0.5) is 9.59 Å². The van der Waals surface area contributed by atoms with Gasteiger partial charge >= 0.3 is 12.1 Å². The van der Waals surface area contributed by atoms with Crippen molar-refractivity contribution in [3.05, 3.63) is 132 Å². The second-order valence-electron chi connectivity index (χ2n) is 15.9. The number of nitrogens with zero attached hydrogens (tertiary/aromatic N) is 4. The highest BCUT2D eigenvalue weighted by Crippen LogP contribution is 2.17. The molecule has 4 aromatic rings. The molecule has 0 aliphatic carbocycles. The number of carbonyl (C=O) groups excluding carboxylic acids is 4. The molecule has 2 heterocycles. The summed E-state index contributed by atoms with van der Waals surface area (Å²) in [5.74, 6) is -1.75. The Kier molecular flexibility index (Phi) is 18.5. The number of aromatic nitrogens is 2. The maximum atomic E-state index is 14.1. The van der Waals surface area contributed by atoms with Gasteiger partial charge < -0.3 is 41.3 Å². The summed E-state index contributed by atoms with van der Waals surface area (Å²) in [6.07, 6.45) is 1.54. The van der Waals surface area contributed by atoms with Gasteiger partial charge in [-0.1, -0.05) is 100 Å². The largest absolute Gasteiger partial charge is 0.388 e. The van der Waals surface area contributed by atoms with Gasteiger partial charge in [-0.15, -0.1) is 0 Å². The number of amides is 6. The molecule has 60 heavy (non-hydrogen) atoms. The lowest BCUT2D eigenvalue weighted by Gasteiger charge is -2.35. The number of carbonyl (C=O) groups is 4. The van der Waals surface area contributed by atoms with Crippen molar-refractivity contribution in [1.82, 2.24) is 41.0 Å². The van der Waals surface area contributed by atoms with Crippen molar-refractivity contribution in [3.63, 3.8) is 0 Å². The zero-order valence-electron chi connectivity index (χ0n) is 35.6. The number of urea groups is 2. The van der Waals surface area contributed by atoms with E-state index in [0.717, 1.165) is 22.5 Å². The summed E-state index contributed by atoms with van der Waals surface area (Å²) in [5, 5.41) is 35.6. The van der Waals surface area contributed by atoms with Crippen LogP contribution in [0.3, 0.4) is 0 Å². The van der Waals surface area contributed by atoms with Gasteiger partial charge in [-0.3, -0.25) is 19.6 Å². The Morgan fingerprint density at radius 2 is 0.883 bits per heavy atom. The third-order valence-corrected chi connectivity index (χ3v) is 10.4. The van der Waals surface area contributed by atoms with Gasteiger partial charge in [0.25, 0.3) is 0 Å². The smallest absolute Gasteiger partial charge is 0.317 e. The molecule has 0 bridgehead atoms. The topological polar surface area (TPSA) is 189 Å². The first kappa shape index (κ1) is 46.8. The number of hydrogen-bond donors (Lipinski definition) is 6. The zero-order valence-corrected chi connectivity index (χ0v) is 35.6. The number of likely N-dealkylation sites (N-methyl/N-ethyl adjacent to an activating group) is 2. The van der Waals surface area contributed by atoms with E-state index in [4.69, 9.17) is 0 Å². The SMILES string of the molecule is CC(C)[C@H](NC(=O)N(C)CCc1ccccn1)C(=O)N[C@@H](Cc1ccccc1)[C@@H](O)[C@@H](O)[C@H](Cc1ccccc1)NC(=O)[C@H](NC(=O)N(C)CCc1ccccn1)C(C)C. The van der Waals surface area contributed by atoms with Gasteiger partial charge in [0.15, 0.2) is 0 Å². The molecule has 322 valence electrons. The Bertz CT molecular complexity index is 1770. The highest BCUT2D eigenvalue weighted by Gasteiger charge is 2.38. The van der Waals surface area contributed by atoms with Crippen LogP contribution in [0.1, 0.15) is 50.2 Å². The van der Waals surface area contributed by atoms with E-state index in [2.05, 4.69) is 31.2 Å². The van der Waals surface area contributed by atoms with Crippen LogP contribution in [0.5, 0.6) is 0 Å². The molecule has 0 spiro atoms. The first-order valence-corrected chi connectivity index (χ1v) is 20.6. The van der Waals surface area contributed by atoms with Gasteiger partial charge in [0.2, 0.25) is 11.8 Å². The van der Waals surface area contributed by atoms with Crippen LogP contribution in [-0.2, 0) is 35.3 Å². The minimum Gasteiger partial charge on any atom is -0.388 e. The van der Waals surface area contributed by atoms with Crippen LogP contribution in [0.25, 0.3) is 0 Å². The molecule has 6 amide bonds. The van der Waals surface area contributed by atoms with Crippen molar-refractivity contribution >= 4 is 23.9 Å². The molecular formula is C46H62N8O6. The Hall–Kier alpha value is -5.86. The van der Waals surface area contributed by atoms with Crippen molar-refractivity contribution < 1.29 is 29.4 Å². The summed E-state index contributed by atoms with van der Waals surface area (Å²) < 4.78 is 0. The van der Waals surface area contributed by atoms with Crippen molar-refractivity contribution in [1.29, 1.82) is 0 Å². The molecule has 0 aliphatic rings. The van der Waals surface area contributed by atoms with Gasteiger partial charge in [-0.25, -0.2) is 9.59 Å². The minimum absolute atomic E-state index is 0.134. The summed E-state index contributed by atoms with van der Waals surface area (Å²) in [6, 6.07) is 24.7. The van der Waals surface area contributed by atoms with E-state index in [1.807, 2.05) is 125 Å². The Balaban J connectivity index is 1.52. The summed E-state index contributed by atoms with van der Waals surface area (Å²) in [4.78, 5) is 66.4.